The van der Waals surface area contributed by atoms with Gasteiger partial charge in [-0.1, -0.05) is 17.3 Å². The third kappa shape index (κ3) is 2.64. The average molecular weight is 297 g/mol. The molecule has 0 aliphatic heterocycles. The first kappa shape index (κ1) is 13.3. The van der Waals surface area contributed by atoms with Crippen molar-refractivity contribution in [1.82, 2.24) is 10.1 Å². The first-order valence-electron chi connectivity index (χ1n) is 6.38. The van der Waals surface area contributed by atoms with Crippen molar-refractivity contribution in [3.05, 3.63) is 41.3 Å². The Morgan fingerprint density at radius 2 is 2.14 bits per heavy atom. The molecule has 6 heteroatoms. The zero-order chi connectivity index (χ0) is 14.7. The number of nitrogens with zero attached hydrogens (tertiary/aromatic N) is 3. The fraction of sp³-hybridized carbons (Fsp3) is 0.133. The van der Waals surface area contributed by atoms with E-state index >= 15 is 0 Å². The lowest BCUT2D eigenvalue weighted by Crippen LogP contribution is -1.94. The lowest BCUT2D eigenvalue weighted by atomic mass is 10.2. The second-order valence-electron chi connectivity index (χ2n) is 4.13. The molecule has 0 spiro atoms. The van der Waals surface area contributed by atoms with E-state index in [0.29, 0.717) is 23.2 Å². The maximum atomic E-state index is 8.85. The van der Waals surface area contributed by atoms with Gasteiger partial charge in [0.1, 0.15) is 16.7 Å². The Morgan fingerprint density at radius 1 is 1.29 bits per heavy atom. The van der Waals surface area contributed by atoms with Gasteiger partial charge in [0, 0.05) is 0 Å². The molecule has 21 heavy (non-hydrogen) atoms. The summed E-state index contributed by atoms with van der Waals surface area (Å²) in [5.41, 5.74) is 0.784. The summed E-state index contributed by atoms with van der Waals surface area (Å²) in [6.07, 6.45) is 0. The summed E-state index contributed by atoms with van der Waals surface area (Å²) < 4.78 is 10.8. The van der Waals surface area contributed by atoms with E-state index in [1.165, 1.54) is 11.3 Å². The van der Waals surface area contributed by atoms with Crippen LogP contribution in [-0.4, -0.2) is 16.7 Å². The Kier molecular flexibility index (Phi) is 3.67. The van der Waals surface area contributed by atoms with E-state index < -0.39 is 0 Å². The summed E-state index contributed by atoms with van der Waals surface area (Å²) >= 11 is 1.32. The van der Waals surface area contributed by atoms with Crippen LogP contribution in [-0.2, 0) is 0 Å². The maximum absolute atomic E-state index is 8.85. The first-order chi connectivity index (χ1) is 10.3. The van der Waals surface area contributed by atoms with E-state index in [2.05, 4.69) is 16.2 Å². The lowest BCUT2D eigenvalue weighted by Gasteiger charge is -2.05. The molecule has 0 N–H and O–H groups in total. The zero-order valence-electron chi connectivity index (χ0n) is 11.2. The summed E-state index contributed by atoms with van der Waals surface area (Å²) in [5, 5.41) is 12.9. The molecule has 0 aliphatic rings. The highest BCUT2D eigenvalue weighted by Crippen LogP contribution is 2.31. The van der Waals surface area contributed by atoms with Crippen molar-refractivity contribution in [2.24, 2.45) is 0 Å². The number of para-hydroxylation sites is 1. The SMILES string of the molecule is CCOc1ccccc1-c1noc(-c2ccc(C#N)s2)n1. The standard InChI is InChI=1S/C15H11N3O2S/c1-2-19-12-6-4-3-5-11(12)14-17-15(20-18-14)13-8-7-10(9-16)21-13/h3-8H,2H2,1H3. The van der Waals surface area contributed by atoms with Crippen molar-refractivity contribution >= 4 is 11.3 Å². The van der Waals surface area contributed by atoms with Crippen LogP contribution in [0.4, 0.5) is 0 Å². The highest BCUT2D eigenvalue weighted by molar-refractivity contribution is 7.15. The van der Waals surface area contributed by atoms with Crippen molar-refractivity contribution in [3.8, 4) is 34.0 Å². The fourth-order valence-electron chi connectivity index (χ4n) is 1.88. The third-order valence-electron chi connectivity index (χ3n) is 2.78. The van der Waals surface area contributed by atoms with Crippen LogP contribution in [0.5, 0.6) is 5.75 Å². The van der Waals surface area contributed by atoms with Gasteiger partial charge in [0.15, 0.2) is 0 Å². The van der Waals surface area contributed by atoms with Gasteiger partial charge in [0.2, 0.25) is 5.82 Å². The van der Waals surface area contributed by atoms with Crippen LogP contribution in [0.1, 0.15) is 11.8 Å². The van der Waals surface area contributed by atoms with Gasteiger partial charge in [-0.05, 0) is 31.2 Å². The van der Waals surface area contributed by atoms with E-state index in [1.807, 2.05) is 31.2 Å². The van der Waals surface area contributed by atoms with E-state index in [-0.39, 0.29) is 0 Å². The molecule has 0 saturated carbocycles. The van der Waals surface area contributed by atoms with Crippen molar-refractivity contribution in [3.63, 3.8) is 0 Å². The quantitative estimate of drug-likeness (QED) is 0.733. The molecule has 0 amide bonds. The van der Waals surface area contributed by atoms with Gasteiger partial charge in [0.05, 0.1) is 17.0 Å². The fourth-order valence-corrected chi connectivity index (χ4v) is 2.60. The molecule has 0 radical (unpaired) electrons. The summed E-state index contributed by atoms with van der Waals surface area (Å²) in [5.74, 6) is 1.60. The Labute approximate surface area is 125 Å². The highest BCUT2D eigenvalue weighted by atomic mass is 32.1. The summed E-state index contributed by atoms with van der Waals surface area (Å²) in [7, 11) is 0. The molecular weight excluding hydrogens is 286 g/mol. The highest BCUT2D eigenvalue weighted by Gasteiger charge is 2.15. The first-order valence-corrected chi connectivity index (χ1v) is 7.19. The lowest BCUT2D eigenvalue weighted by molar-refractivity contribution is 0.341. The van der Waals surface area contributed by atoms with Crippen molar-refractivity contribution in [2.75, 3.05) is 6.61 Å². The van der Waals surface area contributed by atoms with Gasteiger partial charge in [-0.25, -0.2) is 0 Å². The summed E-state index contributed by atoms with van der Waals surface area (Å²) in [6, 6.07) is 13.2. The monoisotopic (exact) mass is 297 g/mol. The second kappa shape index (κ2) is 5.77. The van der Waals surface area contributed by atoms with Crippen molar-refractivity contribution in [2.45, 2.75) is 6.92 Å². The van der Waals surface area contributed by atoms with E-state index in [4.69, 9.17) is 14.5 Å². The van der Waals surface area contributed by atoms with Crippen molar-refractivity contribution in [1.29, 1.82) is 5.26 Å². The number of thiophene rings is 1. The molecular formula is C15H11N3O2S. The summed E-state index contributed by atoms with van der Waals surface area (Å²) in [6.45, 7) is 2.49. The predicted molar refractivity (Wildman–Crippen MR) is 78.9 cm³/mol. The van der Waals surface area contributed by atoms with Crippen LogP contribution in [0, 0.1) is 11.3 Å². The number of nitriles is 1. The van der Waals surface area contributed by atoms with Crippen LogP contribution in [0.3, 0.4) is 0 Å². The van der Waals surface area contributed by atoms with Crippen LogP contribution in [0.15, 0.2) is 40.9 Å². The number of rotatable bonds is 4. The van der Waals surface area contributed by atoms with Crippen molar-refractivity contribution < 1.29 is 9.26 Å². The van der Waals surface area contributed by atoms with E-state index in [1.54, 1.807) is 12.1 Å². The molecule has 3 aromatic rings. The van der Waals surface area contributed by atoms with Gasteiger partial charge in [-0.3, -0.25) is 0 Å². The van der Waals surface area contributed by atoms with E-state index in [0.717, 1.165) is 16.2 Å². The smallest absolute Gasteiger partial charge is 0.268 e. The van der Waals surface area contributed by atoms with Gasteiger partial charge in [0.25, 0.3) is 5.89 Å². The van der Waals surface area contributed by atoms with Gasteiger partial charge < -0.3 is 9.26 Å². The van der Waals surface area contributed by atoms with Crippen LogP contribution in [0.2, 0.25) is 0 Å². The number of hydrogen-bond donors (Lipinski definition) is 0. The zero-order valence-corrected chi connectivity index (χ0v) is 12.1. The third-order valence-corrected chi connectivity index (χ3v) is 3.76. The molecule has 3 rings (SSSR count). The molecule has 0 atom stereocenters. The van der Waals surface area contributed by atoms with Crippen LogP contribution < -0.4 is 4.74 Å². The topological polar surface area (TPSA) is 71.9 Å². The normalized spacial score (nSPS) is 10.3. The predicted octanol–water partition coefficient (Wildman–Crippen LogP) is 3.74. The minimum absolute atomic E-state index is 0.405. The molecule has 5 nitrogen and oxygen atoms in total. The van der Waals surface area contributed by atoms with Gasteiger partial charge in [-0.2, -0.15) is 10.2 Å². The summed E-state index contributed by atoms with van der Waals surface area (Å²) in [4.78, 5) is 5.77. The van der Waals surface area contributed by atoms with E-state index in [9.17, 15) is 0 Å². The minimum atomic E-state index is 0.405. The molecule has 104 valence electrons. The van der Waals surface area contributed by atoms with Crippen LogP contribution in [0.25, 0.3) is 22.2 Å². The van der Waals surface area contributed by atoms with Gasteiger partial charge >= 0.3 is 0 Å². The number of aromatic nitrogens is 2. The second-order valence-corrected chi connectivity index (χ2v) is 5.21. The molecule has 0 unspecified atom stereocenters. The molecule has 2 aromatic heterocycles. The molecule has 0 fully saturated rings. The Bertz CT molecular complexity index is 801. The Morgan fingerprint density at radius 3 is 2.90 bits per heavy atom. The maximum Gasteiger partial charge on any atom is 0.268 e. The molecule has 1 aromatic carbocycles. The largest absolute Gasteiger partial charge is 0.493 e. The van der Waals surface area contributed by atoms with Gasteiger partial charge in [-0.15, -0.1) is 11.3 Å². The number of ether oxygens (including phenoxy) is 1. The number of benzene rings is 1. The molecule has 0 bridgehead atoms. The Balaban J connectivity index is 1.97. The minimum Gasteiger partial charge on any atom is -0.493 e. The molecule has 0 aliphatic carbocycles. The van der Waals surface area contributed by atoms with Crippen LogP contribution >= 0.6 is 11.3 Å². The Hall–Kier alpha value is -2.65. The molecule has 0 saturated heterocycles. The molecule has 2 heterocycles. The number of hydrogen-bond acceptors (Lipinski definition) is 6. The average Bonchev–Trinajstić information content (AvgIpc) is 3.17.